The molecule has 0 unspecified atom stereocenters. The van der Waals surface area contributed by atoms with Gasteiger partial charge < -0.3 is 9.73 Å². The topological polar surface area (TPSA) is 112 Å². The Kier molecular flexibility index (Phi) is 3.12. The number of benzene rings is 1. The molecule has 3 N–H and O–H groups in total. The van der Waals surface area contributed by atoms with Crippen LogP contribution in [0.15, 0.2) is 52.0 Å². The van der Waals surface area contributed by atoms with E-state index < -0.39 is 0 Å². The average Bonchev–Trinajstić information content (AvgIpc) is 3.21. The minimum atomic E-state index is -0.304. The van der Waals surface area contributed by atoms with E-state index in [1.807, 2.05) is 18.2 Å². The van der Waals surface area contributed by atoms with Gasteiger partial charge in [-0.05, 0) is 30.3 Å². The molecule has 0 saturated carbocycles. The Morgan fingerprint density at radius 1 is 1.22 bits per heavy atom. The number of hydrogen-bond donors (Lipinski definition) is 3. The molecule has 114 valence electrons. The predicted octanol–water partition coefficient (Wildman–Crippen LogP) is 1.97. The van der Waals surface area contributed by atoms with Crippen LogP contribution in [0, 0.1) is 0 Å². The maximum Gasteiger partial charge on any atom is 0.274 e. The smallest absolute Gasteiger partial charge is 0.274 e. The molecule has 0 radical (unpaired) electrons. The molecular formula is C15H12N6O2. The second-order valence-electron chi connectivity index (χ2n) is 5.00. The maximum atomic E-state index is 12.1. The fourth-order valence-electron chi connectivity index (χ4n) is 2.26. The molecule has 23 heavy (non-hydrogen) atoms. The van der Waals surface area contributed by atoms with Gasteiger partial charge in [-0.25, -0.2) is 0 Å². The average molecular weight is 308 g/mol. The highest BCUT2D eigenvalue weighted by atomic mass is 16.3. The lowest BCUT2D eigenvalue weighted by Gasteiger charge is -2.05. The van der Waals surface area contributed by atoms with E-state index in [1.54, 1.807) is 24.6 Å². The Balaban J connectivity index is 1.57. The first kappa shape index (κ1) is 13.3. The highest BCUT2D eigenvalue weighted by Crippen LogP contribution is 2.18. The summed E-state index contributed by atoms with van der Waals surface area (Å²) in [6.07, 6.45) is 3.60. The zero-order valence-corrected chi connectivity index (χ0v) is 11.9. The molecule has 0 saturated heterocycles. The summed E-state index contributed by atoms with van der Waals surface area (Å²) < 4.78 is 5.21. The third-order valence-corrected chi connectivity index (χ3v) is 3.39. The number of rotatable bonds is 4. The van der Waals surface area contributed by atoms with Crippen LogP contribution in [0.3, 0.4) is 0 Å². The van der Waals surface area contributed by atoms with Gasteiger partial charge >= 0.3 is 0 Å². The molecular weight excluding hydrogens is 296 g/mol. The van der Waals surface area contributed by atoms with Crippen molar-refractivity contribution >= 4 is 22.5 Å². The molecule has 0 aliphatic rings. The molecule has 0 fully saturated rings. The normalized spacial score (nSPS) is 11.0. The molecule has 1 aromatic carbocycles. The minimum absolute atomic E-state index is 0.275. The van der Waals surface area contributed by atoms with Gasteiger partial charge in [-0.15, -0.1) is 10.2 Å². The summed E-state index contributed by atoms with van der Waals surface area (Å²) in [6, 6.07) is 9.21. The van der Waals surface area contributed by atoms with Gasteiger partial charge in [-0.3, -0.25) is 14.9 Å². The van der Waals surface area contributed by atoms with Gasteiger partial charge in [0.05, 0.1) is 24.4 Å². The standard InChI is InChI=1S/C15H12N6O2/c22-14-13(7-11-2-1-5-23-11)20-21-15(18-14)17-10-4-3-9-8-16-19-12(9)6-10/h1-6,8H,7H2,(H,16,19)(H2,17,18,21,22). The molecule has 8 nitrogen and oxygen atoms in total. The van der Waals surface area contributed by atoms with Gasteiger partial charge in [0.25, 0.3) is 5.56 Å². The number of aromatic nitrogens is 5. The van der Waals surface area contributed by atoms with E-state index in [9.17, 15) is 4.79 Å². The van der Waals surface area contributed by atoms with Crippen molar-refractivity contribution in [3.05, 3.63) is 64.6 Å². The highest BCUT2D eigenvalue weighted by molar-refractivity contribution is 5.82. The van der Waals surface area contributed by atoms with Gasteiger partial charge in [-0.1, -0.05) is 0 Å². The Morgan fingerprint density at radius 3 is 3.00 bits per heavy atom. The maximum absolute atomic E-state index is 12.1. The van der Waals surface area contributed by atoms with E-state index in [1.165, 1.54) is 0 Å². The molecule has 0 spiro atoms. The number of nitrogens with zero attached hydrogens (tertiary/aromatic N) is 3. The molecule has 3 aromatic heterocycles. The van der Waals surface area contributed by atoms with Crippen LogP contribution in [0.5, 0.6) is 0 Å². The van der Waals surface area contributed by atoms with Crippen LogP contribution < -0.4 is 10.9 Å². The van der Waals surface area contributed by atoms with Crippen molar-refractivity contribution in [2.24, 2.45) is 0 Å². The van der Waals surface area contributed by atoms with Gasteiger partial charge in [0, 0.05) is 11.1 Å². The summed E-state index contributed by atoms with van der Waals surface area (Å²) >= 11 is 0. The summed E-state index contributed by atoms with van der Waals surface area (Å²) in [5.41, 5.74) is 1.65. The Morgan fingerprint density at radius 2 is 2.17 bits per heavy atom. The van der Waals surface area contributed by atoms with Gasteiger partial charge in [-0.2, -0.15) is 5.10 Å². The molecule has 0 aliphatic carbocycles. The summed E-state index contributed by atoms with van der Waals surface area (Å²) in [5.74, 6) is 0.937. The summed E-state index contributed by atoms with van der Waals surface area (Å²) in [4.78, 5) is 14.7. The third-order valence-electron chi connectivity index (χ3n) is 3.39. The van der Waals surface area contributed by atoms with E-state index in [0.29, 0.717) is 17.9 Å². The zero-order valence-electron chi connectivity index (χ0n) is 11.9. The zero-order chi connectivity index (χ0) is 15.6. The molecule has 4 aromatic rings. The van der Waals surface area contributed by atoms with Crippen LogP contribution in [-0.2, 0) is 6.42 Å². The number of anilines is 2. The van der Waals surface area contributed by atoms with Crippen molar-refractivity contribution < 1.29 is 4.42 Å². The summed E-state index contributed by atoms with van der Waals surface area (Å²) in [7, 11) is 0. The SMILES string of the molecule is O=c1[nH]c(Nc2ccc3cn[nH]c3c2)nnc1Cc1ccco1. The third kappa shape index (κ3) is 2.69. The van der Waals surface area contributed by atoms with Crippen molar-refractivity contribution in [2.45, 2.75) is 6.42 Å². The minimum Gasteiger partial charge on any atom is -0.469 e. The number of H-pyrrole nitrogens is 2. The first-order chi connectivity index (χ1) is 11.3. The largest absolute Gasteiger partial charge is 0.469 e. The van der Waals surface area contributed by atoms with E-state index >= 15 is 0 Å². The van der Waals surface area contributed by atoms with E-state index in [0.717, 1.165) is 16.6 Å². The number of nitrogens with one attached hydrogen (secondary N) is 3. The first-order valence-electron chi connectivity index (χ1n) is 6.96. The molecule has 0 aliphatic heterocycles. The van der Waals surface area contributed by atoms with Gasteiger partial charge in [0.2, 0.25) is 5.95 Å². The molecule has 8 heteroatoms. The predicted molar refractivity (Wildman–Crippen MR) is 83.5 cm³/mol. The van der Waals surface area contributed by atoms with Crippen molar-refractivity contribution in [3.63, 3.8) is 0 Å². The lowest BCUT2D eigenvalue weighted by atomic mass is 10.2. The molecule has 4 rings (SSSR count). The van der Waals surface area contributed by atoms with E-state index in [2.05, 4.69) is 30.7 Å². The Hall–Kier alpha value is -3.42. The van der Waals surface area contributed by atoms with Crippen molar-refractivity contribution in [1.82, 2.24) is 25.4 Å². The monoisotopic (exact) mass is 308 g/mol. The Labute approximate surface area is 129 Å². The summed E-state index contributed by atoms with van der Waals surface area (Å²) in [5, 5.41) is 18.8. The van der Waals surface area contributed by atoms with E-state index in [-0.39, 0.29) is 11.5 Å². The fraction of sp³-hybridized carbons (Fsp3) is 0.0667. The second kappa shape index (κ2) is 5.41. The first-order valence-corrected chi connectivity index (χ1v) is 6.96. The van der Waals surface area contributed by atoms with Crippen molar-refractivity contribution in [2.75, 3.05) is 5.32 Å². The molecule has 0 bridgehead atoms. The molecule has 0 atom stereocenters. The fourth-order valence-corrected chi connectivity index (χ4v) is 2.26. The quantitative estimate of drug-likeness (QED) is 0.531. The van der Waals surface area contributed by atoms with Crippen LogP contribution in [0.25, 0.3) is 10.9 Å². The van der Waals surface area contributed by atoms with Crippen LogP contribution in [-0.4, -0.2) is 25.4 Å². The highest BCUT2D eigenvalue weighted by Gasteiger charge is 2.08. The van der Waals surface area contributed by atoms with Crippen LogP contribution >= 0.6 is 0 Å². The van der Waals surface area contributed by atoms with Crippen LogP contribution in [0.4, 0.5) is 11.6 Å². The lowest BCUT2D eigenvalue weighted by Crippen LogP contribution is -2.18. The number of aromatic amines is 2. The molecule has 0 amide bonds. The molecule has 3 heterocycles. The Bertz CT molecular complexity index is 1000. The number of furan rings is 1. The van der Waals surface area contributed by atoms with Crippen LogP contribution in [0.2, 0.25) is 0 Å². The van der Waals surface area contributed by atoms with Crippen molar-refractivity contribution in [1.29, 1.82) is 0 Å². The number of hydrogen-bond acceptors (Lipinski definition) is 6. The summed E-state index contributed by atoms with van der Waals surface area (Å²) in [6.45, 7) is 0. The van der Waals surface area contributed by atoms with Crippen LogP contribution in [0.1, 0.15) is 11.5 Å². The van der Waals surface area contributed by atoms with Gasteiger partial charge in [0.1, 0.15) is 11.5 Å². The van der Waals surface area contributed by atoms with E-state index in [4.69, 9.17) is 4.42 Å². The lowest BCUT2D eigenvalue weighted by molar-refractivity contribution is 0.517. The second-order valence-corrected chi connectivity index (χ2v) is 5.00. The van der Waals surface area contributed by atoms with Crippen molar-refractivity contribution in [3.8, 4) is 0 Å². The number of fused-ring (bicyclic) bond motifs is 1. The van der Waals surface area contributed by atoms with Gasteiger partial charge in [0.15, 0.2) is 0 Å².